The lowest BCUT2D eigenvalue weighted by atomic mass is 10.1. The highest BCUT2D eigenvalue weighted by atomic mass is 79.9. The first-order chi connectivity index (χ1) is 14.6. The predicted octanol–water partition coefficient (Wildman–Crippen LogP) is 2.96. The Hall–Kier alpha value is -2.39. The second-order valence-corrected chi connectivity index (χ2v) is 10.4. The number of hydrogen-bond donors (Lipinski definition) is 1. The number of aryl methyl sites for hydroxylation is 1. The van der Waals surface area contributed by atoms with Crippen molar-refractivity contribution >= 4 is 43.5 Å². The molecule has 2 aromatic carbocycles. The molecule has 1 aliphatic rings. The Labute approximate surface area is 191 Å². The average Bonchev–Trinajstić information content (AvgIpc) is 3.11. The van der Waals surface area contributed by atoms with Crippen molar-refractivity contribution in [3.05, 3.63) is 63.6 Å². The third-order valence-corrected chi connectivity index (χ3v) is 7.27. The first-order valence-corrected chi connectivity index (χ1v) is 12.6. The Bertz CT molecular complexity index is 1090. The molecule has 166 valence electrons. The number of rotatable bonds is 8. The number of sulfonamides is 1. The predicted molar refractivity (Wildman–Crippen MR) is 124 cm³/mol. The molecule has 3 rings (SSSR count). The first-order valence-electron chi connectivity index (χ1n) is 10.0. The summed E-state index contributed by atoms with van der Waals surface area (Å²) in [4.78, 5) is 26.4. The maximum atomic E-state index is 12.6. The molecule has 2 amide bonds. The normalized spacial score (nSPS) is 14.0. The molecular formula is C22H26BrN3O4S. The van der Waals surface area contributed by atoms with Crippen molar-refractivity contribution in [2.45, 2.75) is 32.9 Å². The van der Waals surface area contributed by atoms with Crippen LogP contribution in [0.1, 0.15) is 29.5 Å². The highest BCUT2D eigenvalue weighted by Crippen LogP contribution is 2.24. The van der Waals surface area contributed by atoms with E-state index in [2.05, 4.69) is 21.2 Å². The van der Waals surface area contributed by atoms with Gasteiger partial charge in [-0.15, -0.1) is 0 Å². The summed E-state index contributed by atoms with van der Waals surface area (Å²) in [5, 5.41) is 2.82. The molecule has 1 heterocycles. The van der Waals surface area contributed by atoms with Crippen LogP contribution in [0, 0.1) is 6.92 Å². The van der Waals surface area contributed by atoms with Crippen molar-refractivity contribution in [3.63, 3.8) is 0 Å². The number of halogens is 1. The molecule has 0 unspecified atom stereocenters. The highest BCUT2D eigenvalue weighted by molar-refractivity contribution is 9.10. The van der Waals surface area contributed by atoms with Crippen LogP contribution in [-0.2, 0) is 32.7 Å². The van der Waals surface area contributed by atoms with E-state index in [-0.39, 0.29) is 19.0 Å². The molecule has 0 saturated carbocycles. The van der Waals surface area contributed by atoms with Gasteiger partial charge < -0.3 is 10.2 Å². The Kier molecular flexibility index (Phi) is 7.38. The lowest BCUT2D eigenvalue weighted by Gasteiger charge is -2.23. The van der Waals surface area contributed by atoms with E-state index in [0.717, 1.165) is 44.7 Å². The molecule has 0 aromatic heterocycles. The van der Waals surface area contributed by atoms with Crippen molar-refractivity contribution in [3.8, 4) is 0 Å². The van der Waals surface area contributed by atoms with Gasteiger partial charge in [-0.05, 0) is 48.2 Å². The molecule has 9 heteroatoms. The van der Waals surface area contributed by atoms with Gasteiger partial charge in [0, 0.05) is 30.5 Å². The standard InChI is InChI=1S/C22H26BrN3O4S/c1-16-12-19(9-10-20(16)23)26(31(2,29)30)15-21(27)24-13-17-6-3-4-7-18(17)14-25-11-5-8-22(25)28/h3-4,6-7,9-10,12H,5,8,11,13-15H2,1-2H3,(H,24,27). The zero-order valence-corrected chi connectivity index (χ0v) is 20.0. The second-order valence-electron chi connectivity index (χ2n) is 7.67. The number of carbonyl (C=O) groups excluding carboxylic acids is 2. The molecular weight excluding hydrogens is 482 g/mol. The van der Waals surface area contributed by atoms with Crippen molar-refractivity contribution in [1.29, 1.82) is 0 Å². The van der Waals surface area contributed by atoms with Gasteiger partial charge in [-0.1, -0.05) is 40.2 Å². The minimum atomic E-state index is -3.64. The molecule has 1 saturated heterocycles. The molecule has 0 bridgehead atoms. The smallest absolute Gasteiger partial charge is 0.241 e. The second kappa shape index (κ2) is 9.82. The van der Waals surface area contributed by atoms with Gasteiger partial charge in [0.05, 0.1) is 11.9 Å². The number of benzene rings is 2. The van der Waals surface area contributed by atoms with Crippen LogP contribution in [0.2, 0.25) is 0 Å². The Morgan fingerprint density at radius 1 is 1.19 bits per heavy atom. The summed E-state index contributed by atoms with van der Waals surface area (Å²) in [5.41, 5.74) is 3.19. The van der Waals surface area contributed by atoms with Gasteiger partial charge in [-0.3, -0.25) is 13.9 Å². The van der Waals surface area contributed by atoms with Crippen LogP contribution in [0.4, 0.5) is 5.69 Å². The lowest BCUT2D eigenvalue weighted by molar-refractivity contribution is -0.128. The number of amides is 2. The first kappa shape index (κ1) is 23.3. The van der Waals surface area contributed by atoms with Crippen LogP contribution < -0.4 is 9.62 Å². The van der Waals surface area contributed by atoms with E-state index in [1.807, 2.05) is 36.1 Å². The molecule has 1 aliphatic heterocycles. The molecule has 1 fully saturated rings. The fourth-order valence-corrected chi connectivity index (χ4v) is 4.62. The molecule has 0 spiro atoms. The fraction of sp³-hybridized carbons (Fsp3) is 0.364. The Balaban J connectivity index is 1.68. The zero-order valence-electron chi connectivity index (χ0n) is 17.6. The van der Waals surface area contributed by atoms with Gasteiger partial charge in [0.1, 0.15) is 6.54 Å². The van der Waals surface area contributed by atoms with E-state index in [9.17, 15) is 18.0 Å². The number of carbonyl (C=O) groups is 2. The molecule has 2 aromatic rings. The largest absolute Gasteiger partial charge is 0.350 e. The monoisotopic (exact) mass is 507 g/mol. The van der Waals surface area contributed by atoms with E-state index in [1.165, 1.54) is 0 Å². The van der Waals surface area contributed by atoms with Crippen LogP contribution in [0.15, 0.2) is 46.9 Å². The number of nitrogens with zero attached hydrogens (tertiary/aromatic N) is 2. The molecule has 31 heavy (non-hydrogen) atoms. The summed E-state index contributed by atoms with van der Waals surface area (Å²) >= 11 is 3.40. The third kappa shape index (κ3) is 6.07. The van der Waals surface area contributed by atoms with Crippen molar-refractivity contribution in [2.75, 3.05) is 23.7 Å². The zero-order chi connectivity index (χ0) is 22.6. The summed E-state index contributed by atoms with van der Waals surface area (Å²) < 4.78 is 26.6. The molecule has 0 radical (unpaired) electrons. The summed E-state index contributed by atoms with van der Waals surface area (Å²) in [7, 11) is -3.64. The number of nitrogens with one attached hydrogen (secondary N) is 1. The van der Waals surface area contributed by atoms with Gasteiger partial charge in [0.25, 0.3) is 0 Å². The summed E-state index contributed by atoms with van der Waals surface area (Å²) in [6.07, 6.45) is 2.53. The lowest BCUT2D eigenvalue weighted by Crippen LogP contribution is -2.40. The summed E-state index contributed by atoms with van der Waals surface area (Å²) in [5.74, 6) is -0.259. The summed E-state index contributed by atoms with van der Waals surface area (Å²) in [6.45, 7) is 3.06. The minimum absolute atomic E-state index is 0.146. The van der Waals surface area contributed by atoms with E-state index in [1.54, 1.807) is 18.2 Å². The molecule has 0 atom stereocenters. The summed E-state index contributed by atoms with van der Waals surface area (Å²) in [6, 6.07) is 12.8. The van der Waals surface area contributed by atoms with Gasteiger partial charge in [0.15, 0.2) is 0 Å². The highest BCUT2D eigenvalue weighted by Gasteiger charge is 2.23. The average molecular weight is 508 g/mol. The van der Waals surface area contributed by atoms with Crippen LogP contribution in [0.25, 0.3) is 0 Å². The number of hydrogen-bond acceptors (Lipinski definition) is 4. The van der Waals surface area contributed by atoms with Crippen LogP contribution in [0.5, 0.6) is 0 Å². The van der Waals surface area contributed by atoms with E-state index >= 15 is 0 Å². The Morgan fingerprint density at radius 2 is 1.90 bits per heavy atom. The van der Waals surface area contributed by atoms with Crippen LogP contribution in [0.3, 0.4) is 0 Å². The molecule has 1 N–H and O–H groups in total. The van der Waals surface area contributed by atoms with Crippen molar-refractivity contribution < 1.29 is 18.0 Å². The quantitative estimate of drug-likeness (QED) is 0.594. The van der Waals surface area contributed by atoms with Crippen LogP contribution in [-0.4, -0.2) is 44.5 Å². The topological polar surface area (TPSA) is 86.8 Å². The van der Waals surface area contributed by atoms with Gasteiger partial charge in [0.2, 0.25) is 21.8 Å². The van der Waals surface area contributed by atoms with Gasteiger partial charge in [-0.2, -0.15) is 0 Å². The van der Waals surface area contributed by atoms with Crippen molar-refractivity contribution in [1.82, 2.24) is 10.2 Å². The molecule has 0 aliphatic carbocycles. The van der Waals surface area contributed by atoms with E-state index < -0.39 is 15.9 Å². The van der Waals surface area contributed by atoms with E-state index in [0.29, 0.717) is 18.7 Å². The van der Waals surface area contributed by atoms with Gasteiger partial charge >= 0.3 is 0 Å². The third-order valence-electron chi connectivity index (χ3n) is 5.24. The number of likely N-dealkylation sites (tertiary alicyclic amines) is 1. The number of anilines is 1. The van der Waals surface area contributed by atoms with Gasteiger partial charge in [-0.25, -0.2) is 8.42 Å². The maximum absolute atomic E-state index is 12.6. The Morgan fingerprint density at radius 3 is 2.52 bits per heavy atom. The minimum Gasteiger partial charge on any atom is -0.350 e. The van der Waals surface area contributed by atoms with Crippen molar-refractivity contribution in [2.24, 2.45) is 0 Å². The molecule has 7 nitrogen and oxygen atoms in total. The fourth-order valence-electron chi connectivity index (χ4n) is 3.53. The van der Waals surface area contributed by atoms with E-state index in [4.69, 9.17) is 0 Å². The maximum Gasteiger partial charge on any atom is 0.241 e. The van der Waals surface area contributed by atoms with Crippen LogP contribution >= 0.6 is 15.9 Å². The SMILES string of the molecule is Cc1cc(N(CC(=O)NCc2ccccc2CN2CCCC2=O)S(C)(=O)=O)ccc1Br.